The number of morpholine rings is 1. The van der Waals surface area contributed by atoms with Crippen LogP contribution in [-0.4, -0.2) is 58.4 Å². The van der Waals surface area contributed by atoms with Crippen molar-refractivity contribution in [2.75, 3.05) is 47.1 Å². The number of aliphatic imine (C=N–C) groups is 1. The van der Waals surface area contributed by atoms with Gasteiger partial charge in [-0.05, 0) is 36.4 Å². The minimum absolute atomic E-state index is 0.114. The Morgan fingerprint density at radius 2 is 1.85 bits per heavy atom. The SMILES string of the molecule is COc1ccc([C@@H](CN=Cc2cccc(OC)c2O)[NH+]2CCOCC2)cc1. The second-order valence-electron chi connectivity index (χ2n) is 6.49. The molecule has 144 valence electrons. The van der Waals surface area contributed by atoms with Gasteiger partial charge in [-0.25, -0.2) is 0 Å². The molecule has 27 heavy (non-hydrogen) atoms. The molecule has 0 amide bonds. The normalized spacial score (nSPS) is 16.4. The van der Waals surface area contributed by atoms with Crippen LogP contribution in [0.15, 0.2) is 47.5 Å². The smallest absolute Gasteiger partial charge is 0.166 e. The molecule has 0 saturated carbocycles. The van der Waals surface area contributed by atoms with Gasteiger partial charge in [0.05, 0.1) is 34.0 Å². The van der Waals surface area contributed by atoms with E-state index in [0.717, 1.165) is 32.1 Å². The summed E-state index contributed by atoms with van der Waals surface area (Å²) >= 11 is 0. The first-order valence-corrected chi connectivity index (χ1v) is 9.15. The lowest BCUT2D eigenvalue weighted by Gasteiger charge is -2.31. The Bertz CT molecular complexity index is 755. The van der Waals surface area contributed by atoms with Gasteiger partial charge in [0, 0.05) is 17.3 Å². The molecule has 2 aromatic rings. The molecule has 2 aromatic carbocycles. The molecular formula is C21H27N2O4+. The molecule has 2 N–H and O–H groups in total. The average Bonchev–Trinajstić information content (AvgIpc) is 2.73. The van der Waals surface area contributed by atoms with Gasteiger partial charge in [0.2, 0.25) is 0 Å². The number of para-hydroxylation sites is 1. The first-order chi connectivity index (χ1) is 13.2. The molecule has 0 spiro atoms. The zero-order valence-electron chi connectivity index (χ0n) is 15.9. The second kappa shape index (κ2) is 9.39. The zero-order chi connectivity index (χ0) is 19.1. The molecule has 6 nitrogen and oxygen atoms in total. The topological polar surface area (TPSA) is 64.7 Å². The first kappa shape index (κ1) is 19.2. The third kappa shape index (κ3) is 4.78. The Kier molecular flexibility index (Phi) is 6.68. The van der Waals surface area contributed by atoms with Crippen molar-refractivity contribution in [3.05, 3.63) is 53.6 Å². The van der Waals surface area contributed by atoms with Crippen molar-refractivity contribution in [1.82, 2.24) is 0 Å². The van der Waals surface area contributed by atoms with E-state index in [0.29, 0.717) is 17.9 Å². The van der Waals surface area contributed by atoms with Gasteiger partial charge in [0.15, 0.2) is 11.5 Å². The van der Waals surface area contributed by atoms with Gasteiger partial charge < -0.3 is 24.2 Å². The second-order valence-corrected chi connectivity index (χ2v) is 6.49. The van der Waals surface area contributed by atoms with Crippen LogP contribution in [0.3, 0.4) is 0 Å². The fraction of sp³-hybridized carbons (Fsp3) is 0.381. The summed E-state index contributed by atoms with van der Waals surface area (Å²) in [6.07, 6.45) is 1.72. The lowest BCUT2D eigenvalue weighted by molar-refractivity contribution is -0.937. The predicted molar refractivity (Wildman–Crippen MR) is 104 cm³/mol. The van der Waals surface area contributed by atoms with E-state index in [1.54, 1.807) is 19.4 Å². The molecule has 0 bridgehead atoms. The van der Waals surface area contributed by atoms with Crippen molar-refractivity contribution < 1.29 is 24.2 Å². The fourth-order valence-electron chi connectivity index (χ4n) is 3.35. The molecule has 0 aromatic heterocycles. The van der Waals surface area contributed by atoms with Crippen LogP contribution in [0.2, 0.25) is 0 Å². The number of ether oxygens (including phenoxy) is 3. The van der Waals surface area contributed by atoms with Crippen LogP contribution in [0.1, 0.15) is 17.2 Å². The van der Waals surface area contributed by atoms with E-state index >= 15 is 0 Å². The lowest BCUT2D eigenvalue weighted by Crippen LogP contribution is -3.14. The van der Waals surface area contributed by atoms with E-state index in [1.807, 2.05) is 24.3 Å². The van der Waals surface area contributed by atoms with Gasteiger partial charge in [-0.1, -0.05) is 6.07 Å². The van der Waals surface area contributed by atoms with Crippen molar-refractivity contribution in [1.29, 1.82) is 0 Å². The lowest BCUT2D eigenvalue weighted by atomic mass is 10.0. The van der Waals surface area contributed by atoms with Crippen LogP contribution in [0.25, 0.3) is 0 Å². The maximum Gasteiger partial charge on any atom is 0.166 e. The highest BCUT2D eigenvalue weighted by molar-refractivity contribution is 5.84. The molecule has 1 fully saturated rings. The number of hydrogen-bond acceptors (Lipinski definition) is 5. The van der Waals surface area contributed by atoms with Gasteiger partial charge in [-0.15, -0.1) is 0 Å². The standard InChI is InChI=1S/C21H26N2O4/c1-25-18-8-6-16(7-9-18)19(23-10-12-27-13-11-23)15-22-14-17-4-3-5-20(26-2)21(17)24/h3-9,14,19,24H,10-13,15H2,1-2H3/p+1/t19-/m1/s1. The molecule has 1 atom stereocenters. The number of rotatable bonds is 7. The van der Waals surface area contributed by atoms with Gasteiger partial charge in [0.1, 0.15) is 24.9 Å². The minimum atomic E-state index is 0.114. The van der Waals surface area contributed by atoms with Crippen LogP contribution in [0.4, 0.5) is 0 Å². The molecule has 0 unspecified atom stereocenters. The van der Waals surface area contributed by atoms with E-state index in [9.17, 15) is 5.11 Å². The van der Waals surface area contributed by atoms with Crippen LogP contribution >= 0.6 is 0 Å². The first-order valence-electron chi connectivity index (χ1n) is 9.15. The third-order valence-corrected chi connectivity index (χ3v) is 4.91. The maximum absolute atomic E-state index is 10.2. The van der Waals surface area contributed by atoms with Crippen LogP contribution < -0.4 is 14.4 Å². The number of nitrogens with one attached hydrogen (secondary N) is 1. The zero-order valence-corrected chi connectivity index (χ0v) is 15.9. The highest BCUT2D eigenvalue weighted by Gasteiger charge is 2.26. The number of methoxy groups -OCH3 is 2. The van der Waals surface area contributed by atoms with E-state index < -0.39 is 0 Å². The molecule has 1 aliphatic rings. The van der Waals surface area contributed by atoms with E-state index in [2.05, 4.69) is 17.1 Å². The number of benzene rings is 2. The maximum atomic E-state index is 10.2. The van der Waals surface area contributed by atoms with E-state index in [-0.39, 0.29) is 11.8 Å². The quantitative estimate of drug-likeness (QED) is 0.724. The monoisotopic (exact) mass is 371 g/mol. The Morgan fingerprint density at radius 3 is 2.52 bits per heavy atom. The Labute approximate surface area is 160 Å². The summed E-state index contributed by atoms with van der Waals surface area (Å²) in [5, 5.41) is 10.2. The molecule has 1 heterocycles. The summed E-state index contributed by atoms with van der Waals surface area (Å²) in [6.45, 7) is 4.07. The number of phenols is 1. The molecule has 0 aliphatic carbocycles. The summed E-state index contributed by atoms with van der Waals surface area (Å²) in [5.74, 6) is 1.41. The number of hydrogen-bond donors (Lipinski definition) is 2. The Hall–Kier alpha value is -2.57. The predicted octanol–water partition coefficient (Wildman–Crippen LogP) is 1.48. The number of phenolic OH excluding ortho intramolecular Hbond substituents is 1. The van der Waals surface area contributed by atoms with Crippen molar-refractivity contribution in [2.24, 2.45) is 4.99 Å². The highest BCUT2D eigenvalue weighted by atomic mass is 16.5. The minimum Gasteiger partial charge on any atom is -0.504 e. The van der Waals surface area contributed by atoms with Crippen LogP contribution in [0, 0.1) is 0 Å². The van der Waals surface area contributed by atoms with Gasteiger partial charge in [-0.3, -0.25) is 4.99 Å². The average molecular weight is 371 g/mol. The van der Waals surface area contributed by atoms with Gasteiger partial charge in [-0.2, -0.15) is 0 Å². The van der Waals surface area contributed by atoms with Crippen molar-refractivity contribution >= 4 is 6.21 Å². The molecule has 1 aliphatic heterocycles. The highest BCUT2D eigenvalue weighted by Crippen LogP contribution is 2.28. The number of nitrogens with zero attached hydrogens (tertiary/aromatic N) is 1. The molecule has 3 rings (SSSR count). The van der Waals surface area contributed by atoms with Crippen LogP contribution in [-0.2, 0) is 4.74 Å². The van der Waals surface area contributed by atoms with Crippen molar-refractivity contribution in [2.45, 2.75) is 6.04 Å². The molecule has 6 heteroatoms. The number of aromatic hydroxyl groups is 1. The van der Waals surface area contributed by atoms with Crippen LogP contribution in [0.5, 0.6) is 17.2 Å². The van der Waals surface area contributed by atoms with Crippen molar-refractivity contribution in [3.63, 3.8) is 0 Å². The van der Waals surface area contributed by atoms with E-state index in [4.69, 9.17) is 14.2 Å². The molecule has 1 saturated heterocycles. The summed E-state index contributed by atoms with van der Waals surface area (Å²) in [6, 6.07) is 13.8. The molecule has 0 radical (unpaired) electrons. The Morgan fingerprint density at radius 1 is 1.11 bits per heavy atom. The summed E-state index contributed by atoms with van der Waals surface area (Å²) in [5.41, 5.74) is 1.87. The van der Waals surface area contributed by atoms with Gasteiger partial charge >= 0.3 is 0 Å². The van der Waals surface area contributed by atoms with Gasteiger partial charge in [0.25, 0.3) is 0 Å². The summed E-state index contributed by atoms with van der Waals surface area (Å²) in [4.78, 5) is 6.10. The third-order valence-electron chi connectivity index (χ3n) is 4.91. The summed E-state index contributed by atoms with van der Waals surface area (Å²) < 4.78 is 15.9. The Balaban J connectivity index is 1.78. The largest absolute Gasteiger partial charge is 0.504 e. The fourth-order valence-corrected chi connectivity index (χ4v) is 3.35. The number of quaternary nitrogens is 1. The van der Waals surface area contributed by atoms with Crippen molar-refractivity contribution in [3.8, 4) is 17.2 Å². The summed E-state index contributed by atoms with van der Waals surface area (Å²) in [7, 11) is 3.21. The van der Waals surface area contributed by atoms with E-state index in [1.165, 1.54) is 17.6 Å². The molecular weight excluding hydrogens is 344 g/mol.